The standard InChI is InChI=1S/C21H20N2O3/c1-2-6-15(7-3-1)19-20(17-9-4-10-18-21(17)26-14-25-18)23(13-22-19)12-16-8-5-11-24-16/h1-4,6-7,9-10,13,16H,5,8,11-12,14H2. The topological polar surface area (TPSA) is 45.5 Å². The van der Waals surface area contributed by atoms with Gasteiger partial charge in [-0.05, 0) is 25.0 Å². The molecule has 2 aromatic carbocycles. The zero-order valence-corrected chi connectivity index (χ0v) is 14.4. The SMILES string of the molecule is c1ccc(-c2ncn(CC3CCCO3)c2-c2cccc3c2OCO3)cc1. The second-order valence-corrected chi connectivity index (χ2v) is 6.63. The molecular formula is C21H20N2O3. The van der Waals surface area contributed by atoms with Gasteiger partial charge in [0.25, 0.3) is 0 Å². The maximum absolute atomic E-state index is 5.85. The highest BCUT2D eigenvalue weighted by Crippen LogP contribution is 2.44. The number of benzene rings is 2. The Hall–Kier alpha value is -2.79. The summed E-state index contributed by atoms with van der Waals surface area (Å²) in [5, 5.41) is 0. The molecule has 0 aliphatic carbocycles. The van der Waals surface area contributed by atoms with E-state index in [-0.39, 0.29) is 12.9 Å². The second-order valence-electron chi connectivity index (χ2n) is 6.63. The van der Waals surface area contributed by atoms with Gasteiger partial charge >= 0.3 is 0 Å². The zero-order valence-electron chi connectivity index (χ0n) is 14.4. The van der Waals surface area contributed by atoms with Crippen molar-refractivity contribution in [1.82, 2.24) is 9.55 Å². The zero-order chi connectivity index (χ0) is 17.3. The van der Waals surface area contributed by atoms with Gasteiger partial charge in [-0.3, -0.25) is 0 Å². The first-order chi connectivity index (χ1) is 12.9. The number of hydrogen-bond donors (Lipinski definition) is 0. The Bertz CT molecular complexity index is 914. The molecule has 26 heavy (non-hydrogen) atoms. The Labute approximate surface area is 152 Å². The minimum absolute atomic E-state index is 0.237. The fourth-order valence-corrected chi connectivity index (χ4v) is 3.73. The summed E-state index contributed by atoms with van der Waals surface area (Å²) in [6, 6.07) is 16.3. The summed E-state index contributed by atoms with van der Waals surface area (Å²) in [5.41, 5.74) is 4.10. The molecule has 1 unspecified atom stereocenters. The van der Waals surface area contributed by atoms with Crippen molar-refractivity contribution in [2.24, 2.45) is 0 Å². The third-order valence-corrected chi connectivity index (χ3v) is 4.96. The summed E-state index contributed by atoms with van der Waals surface area (Å²) < 4.78 is 19.4. The monoisotopic (exact) mass is 348 g/mol. The molecule has 0 amide bonds. The van der Waals surface area contributed by atoms with Crippen molar-refractivity contribution in [3.8, 4) is 34.0 Å². The number of rotatable bonds is 4. The van der Waals surface area contributed by atoms with Gasteiger partial charge in [-0.25, -0.2) is 4.98 Å². The summed E-state index contributed by atoms with van der Waals surface area (Å²) >= 11 is 0. The summed E-state index contributed by atoms with van der Waals surface area (Å²) in [5.74, 6) is 1.57. The Morgan fingerprint density at radius 3 is 2.81 bits per heavy atom. The predicted octanol–water partition coefficient (Wildman–Crippen LogP) is 4.12. The lowest BCUT2D eigenvalue weighted by molar-refractivity contribution is 0.0973. The van der Waals surface area contributed by atoms with Gasteiger partial charge in [0.15, 0.2) is 11.5 Å². The fraction of sp³-hybridized carbons (Fsp3) is 0.286. The largest absolute Gasteiger partial charge is 0.454 e. The van der Waals surface area contributed by atoms with E-state index in [1.807, 2.05) is 36.7 Å². The van der Waals surface area contributed by atoms with E-state index in [0.29, 0.717) is 0 Å². The average Bonchev–Trinajstić information content (AvgIpc) is 3.43. The summed E-state index contributed by atoms with van der Waals surface area (Å²) in [4.78, 5) is 4.74. The second kappa shape index (κ2) is 6.50. The molecule has 0 N–H and O–H groups in total. The molecule has 0 bridgehead atoms. The molecule has 0 radical (unpaired) electrons. The molecule has 1 saturated heterocycles. The number of ether oxygens (including phenoxy) is 3. The number of fused-ring (bicyclic) bond motifs is 1. The lowest BCUT2D eigenvalue weighted by atomic mass is 10.0. The molecule has 1 aromatic heterocycles. The van der Waals surface area contributed by atoms with Crippen LogP contribution in [0.4, 0.5) is 0 Å². The number of imidazole rings is 1. The van der Waals surface area contributed by atoms with Crippen LogP contribution in [-0.4, -0.2) is 29.1 Å². The third-order valence-electron chi connectivity index (χ3n) is 4.96. The van der Waals surface area contributed by atoms with Crippen molar-refractivity contribution in [2.45, 2.75) is 25.5 Å². The van der Waals surface area contributed by atoms with E-state index in [9.17, 15) is 0 Å². The summed E-state index contributed by atoms with van der Waals surface area (Å²) in [6.07, 6.45) is 4.36. The summed E-state index contributed by atoms with van der Waals surface area (Å²) in [7, 11) is 0. The molecule has 2 aliphatic heterocycles. The number of para-hydroxylation sites is 1. The van der Waals surface area contributed by atoms with Crippen molar-refractivity contribution in [1.29, 1.82) is 0 Å². The van der Waals surface area contributed by atoms with Gasteiger partial charge in [-0.2, -0.15) is 0 Å². The lowest BCUT2D eigenvalue weighted by Gasteiger charge is -2.15. The fourth-order valence-electron chi connectivity index (χ4n) is 3.73. The van der Waals surface area contributed by atoms with E-state index in [2.05, 4.69) is 22.8 Å². The van der Waals surface area contributed by atoms with Crippen LogP contribution in [0.25, 0.3) is 22.5 Å². The smallest absolute Gasteiger partial charge is 0.231 e. The minimum Gasteiger partial charge on any atom is -0.454 e. The van der Waals surface area contributed by atoms with Crippen molar-refractivity contribution in [3.05, 3.63) is 54.9 Å². The van der Waals surface area contributed by atoms with Crippen LogP contribution in [0, 0.1) is 0 Å². The average molecular weight is 348 g/mol. The first-order valence-corrected chi connectivity index (χ1v) is 9.01. The molecule has 2 aliphatic rings. The van der Waals surface area contributed by atoms with Crippen LogP contribution >= 0.6 is 0 Å². The molecule has 5 heteroatoms. The van der Waals surface area contributed by atoms with E-state index in [1.165, 1.54) is 0 Å². The summed E-state index contributed by atoms with van der Waals surface area (Å²) in [6.45, 7) is 1.89. The van der Waals surface area contributed by atoms with Crippen molar-refractivity contribution in [3.63, 3.8) is 0 Å². The van der Waals surface area contributed by atoms with Crippen LogP contribution in [0.3, 0.4) is 0 Å². The highest BCUT2D eigenvalue weighted by atomic mass is 16.7. The van der Waals surface area contributed by atoms with Crippen LogP contribution in [-0.2, 0) is 11.3 Å². The van der Waals surface area contributed by atoms with Crippen molar-refractivity contribution < 1.29 is 14.2 Å². The van der Waals surface area contributed by atoms with E-state index in [4.69, 9.17) is 19.2 Å². The maximum atomic E-state index is 5.85. The van der Waals surface area contributed by atoms with Gasteiger partial charge in [0.1, 0.15) is 0 Å². The number of hydrogen-bond acceptors (Lipinski definition) is 4. The Kier molecular flexibility index (Phi) is 3.87. The van der Waals surface area contributed by atoms with E-state index < -0.39 is 0 Å². The first-order valence-electron chi connectivity index (χ1n) is 9.01. The van der Waals surface area contributed by atoms with Crippen LogP contribution in [0.1, 0.15) is 12.8 Å². The Morgan fingerprint density at radius 1 is 1.04 bits per heavy atom. The van der Waals surface area contributed by atoms with Crippen LogP contribution in [0.15, 0.2) is 54.9 Å². The van der Waals surface area contributed by atoms with Gasteiger partial charge in [0.05, 0.1) is 30.4 Å². The molecule has 3 heterocycles. The normalized spacial score (nSPS) is 18.4. The molecule has 3 aromatic rings. The molecule has 5 nitrogen and oxygen atoms in total. The highest BCUT2D eigenvalue weighted by molar-refractivity contribution is 5.83. The van der Waals surface area contributed by atoms with Crippen LogP contribution in [0.5, 0.6) is 11.5 Å². The first kappa shape index (κ1) is 15.5. The van der Waals surface area contributed by atoms with Crippen molar-refractivity contribution >= 4 is 0 Å². The van der Waals surface area contributed by atoms with Gasteiger partial charge in [-0.15, -0.1) is 0 Å². The van der Waals surface area contributed by atoms with Crippen LogP contribution < -0.4 is 9.47 Å². The molecule has 0 saturated carbocycles. The minimum atomic E-state index is 0.237. The van der Waals surface area contributed by atoms with Crippen molar-refractivity contribution in [2.75, 3.05) is 13.4 Å². The van der Waals surface area contributed by atoms with Gasteiger partial charge in [0.2, 0.25) is 6.79 Å². The Morgan fingerprint density at radius 2 is 1.96 bits per heavy atom. The van der Waals surface area contributed by atoms with Gasteiger partial charge in [0, 0.05) is 17.7 Å². The maximum Gasteiger partial charge on any atom is 0.231 e. The molecular weight excluding hydrogens is 328 g/mol. The number of aromatic nitrogens is 2. The lowest BCUT2D eigenvalue weighted by Crippen LogP contribution is -2.15. The molecule has 0 spiro atoms. The third kappa shape index (κ3) is 2.65. The predicted molar refractivity (Wildman–Crippen MR) is 98.2 cm³/mol. The van der Waals surface area contributed by atoms with E-state index in [1.54, 1.807) is 0 Å². The highest BCUT2D eigenvalue weighted by Gasteiger charge is 2.26. The van der Waals surface area contributed by atoms with Gasteiger partial charge in [-0.1, -0.05) is 36.4 Å². The van der Waals surface area contributed by atoms with Gasteiger partial charge < -0.3 is 18.8 Å². The van der Waals surface area contributed by atoms with E-state index >= 15 is 0 Å². The molecule has 132 valence electrons. The molecule has 5 rings (SSSR count). The molecule has 1 fully saturated rings. The molecule has 1 atom stereocenters. The quantitative estimate of drug-likeness (QED) is 0.711. The number of nitrogens with zero attached hydrogens (tertiary/aromatic N) is 2. The van der Waals surface area contributed by atoms with Crippen LogP contribution in [0.2, 0.25) is 0 Å². The van der Waals surface area contributed by atoms with E-state index in [0.717, 1.165) is 60.0 Å². The Balaban J connectivity index is 1.66.